The summed E-state index contributed by atoms with van der Waals surface area (Å²) in [6, 6.07) is 7.87. The highest BCUT2D eigenvalue weighted by molar-refractivity contribution is 5.99. The van der Waals surface area contributed by atoms with E-state index in [4.69, 9.17) is 5.26 Å². The van der Waals surface area contributed by atoms with Gasteiger partial charge in [-0.1, -0.05) is 6.07 Å². The molecular weight excluding hydrogens is 240 g/mol. The van der Waals surface area contributed by atoms with Crippen LogP contribution in [0.3, 0.4) is 0 Å². The molecule has 19 heavy (non-hydrogen) atoms. The van der Waals surface area contributed by atoms with Crippen molar-refractivity contribution in [2.24, 2.45) is 0 Å². The second kappa shape index (κ2) is 4.29. The van der Waals surface area contributed by atoms with Crippen molar-refractivity contribution in [3.05, 3.63) is 41.1 Å². The molecule has 0 saturated carbocycles. The lowest BCUT2D eigenvalue weighted by Gasteiger charge is -2.05. The molecule has 2 aromatic rings. The number of aromatic nitrogens is 1. The summed E-state index contributed by atoms with van der Waals surface area (Å²) < 4.78 is 0. The first-order valence-corrected chi connectivity index (χ1v) is 6.17. The molecule has 0 spiro atoms. The fourth-order valence-corrected chi connectivity index (χ4v) is 2.70. The maximum atomic E-state index is 11.2. The summed E-state index contributed by atoms with van der Waals surface area (Å²) in [7, 11) is 0. The quantitative estimate of drug-likeness (QED) is 0.862. The van der Waals surface area contributed by atoms with Gasteiger partial charge in [-0.2, -0.15) is 5.26 Å². The van der Waals surface area contributed by atoms with Crippen molar-refractivity contribution >= 4 is 22.4 Å². The van der Waals surface area contributed by atoms with Gasteiger partial charge in [0.2, 0.25) is 0 Å². The zero-order valence-corrected chi connectivity index (χ0v) is 10.2. The Bertz CT molecular complexity index is 747. The van der Waals surface area contributed by atoms with Crippen molar-refractivity contribution in [3.63, 3.8) is 0 Å². The van der Waals surface area contributed by atoms with E-state index in [9.17, 15) is 9.90 Å². The van der Waals surface area contributed by atoms with Gasteiger partial charge in [0.25, 0.3) is 0 Å². The summed E-state index contributed by atoms with van der Waals surface area (Å²) >= 11 is 0. The number of carboxylic acids is 1. The lowest BCUT2D eigenvalue weighted by molar-refractivity contribution is -0.132. The molecule has 1 aromatic carbocycles. The Labute approximate surface area is 110 Å². The van der Waals surface area contributed by atoms with Crippen molar-refractivity contribution in [1.29, 1.82) is 5.26 Å². The number of nitriles is 1. The van der Waals surface area contributed by atoms with Crippen LogP contribution in [0.5, 0.6) is 0 Å². The van der Waals surface area contributed by atoms with E-state index in [1.54, 1.807) is 6.20 Å². The van der Waals surface area contributed by atoms with Crippen LogP contribution in [0.2, 0.25) is 0 Å². The number of aliphatic carboxylic acids is 1. The predicted molar refractivity (Wildman–Crippen MR) is 71.4 cm³/mol. The number of fused-ring (bicyclic) bond motifs is 1. The van der Waals surface area contributed by atoms with Crippen molar-refractivity contribution in [2.75, 3.05) is 0 Å². The normalized spacial score (nSPS) is 14.9. The minimum absolute atomic E-state index is 0.508. The number of aromatic amines is 1. The smallest absolute Gasteiger partial charge is 0.331 e. The molecule has 3 rings (SSSR count). The van der Waals surface area contributed by atoms with Gasteiger partial charge in [0.05, 0.1) is 5.56 Å². The molecule has 4 heteroatoms. The van der Waals surface area contributed by atoms with Crippen LogP contribution in [0.25, 0.3) is 16.5 Å². The Hall–Kier alpha value is -2.54. The van der Waals surface area contributed by atoms with E-state index in [2.05, 4.69) is 11.1 Å². The number of carboxylic acid groups (broad SMARTS) is 1. The standard InChI is InChI=1S/C15H12N2O2/c16-7-10-8-17-14-5-4-9(6-13(10)14)11-2-1-3-12(11)15(18)19/h4-6,8,17H,1-3H2,(H,18,19). The summed E-state index contributed by atoms with van der Waals surface area (Å²) in [6.45, 7) is 0. The number of nitrogens with zero attached hydrogens (tertiary/aromatic N) is 1. The lowest BCUT2D eigenvalue weighted by Crippen LogP contribution is -1.99. The highest BCUT2D eigenvalue weighted by atomic mass is 16.4. The van der Waals surface area contributed by atoms with E-state index >= 15 is 0 Å². The molecule has 0 aliphatic heterocycles. The zero-order valence-electron chi connectivity index (χ0n) is 10.2. The number of H-pyrrole nitrogens is 1. The average Bonchev–Trinajstić information content (AvgIpc) is 3.04. The van der Waals surface area contributed by atoms with Gasteiger partial charge >= 0.3 is 5.97 Å². The fraction of sp³-hybridized carbons (Fsp3) is 0.200. The van der Waals surface area contributed by atoms with Crippen molar-refractivity contribution < 1.29 is 9.90 Å². The van der Waals surface area contributed by atoms with E-state index in [0.717, 1.165) is 34.9 Å². The van der Waals surface area contributed by atoms with Crippen LogP contribution >= 0.6 is 0 Å². The molecular formula is C15H12N2O2. The number of nitrogens with one attached hydrogen (secondary N) is 1. The van der Waals surface area contributed by atoms with Crippen LogP contribution in [-0.4, -0.2) is 16.1 Å². The SMILES string of the molecule is N#Cc1c[nH]c2ccc(C3=C(C(=O)O)CCC3)cc12. The maximum Gasteiger partial charge on any atom is 0.331 e. The molecule has 4 nitrogen and oxygen atoms in total. The third-order valence-corrected chi connectivity index (χ3v) is 3.63. The van der Waals surface area contributed by atoms with E-state index in [1.807, 2.05) is 18.2 Å². The molecule has 0 radical (unpaired) electrons. The molecule has 0 saturated heterocycles. The molecule has 1 aliphatic carbocycles. The molecule has 0 atom stereocenters. The van der Waals surface area contributed by atoms with Gasteiger partial charge < -0.3 is 10.1 Å². The topological polar surface area (TPSA) is 76.9 Å². The van der Waals surface area contributed by atoms with E-state index in [-0.39, 0.29) is 0 Å². The molecule has 1 aromatic heterocycles. The van der Waals surface area contributed by atoms with Gasteiger partial charge in [-0.05, 0) is 42.5 Å². The molecule has 0 fully saturated rings. The third-order valence-electron chi connectivity index (χ3n) is 3.63. The minimum Gasteiger partial charge on any atom is -0.478 e. The Kier molecular flexibility index (Phi) is 2.60. The third kappa shape index (κ3) is 1.80. The number of carbonyl (C=O) groups is 1. The average molecular weight is 252 g/mol. The number of hydrogen-bond acceptors (Lipinski definition) is 2. The number of hydrogen-bond donors (Lipinski definition) is 2. The van der Waals surface area contributed by atoms with Crippen molar-refractivity contribution in [3.8, 4) is 6.07 Å². The number of rotatable bonds is 2. The van der Waals surface area contributed by atoms with Crippen LogP contribution < -0.4 is 0 Å². The first-order valence-electron chi connectivity index (χ1n) is 6.17. The molecule has 0 bridgehead atoms. The highest BCUT2D eigenvalue weighted by Gasteiger charge is 2.21. The Morgan fingerprint density at radius 1 is 1.37 bits per heavy atom. The van der Waals surface area contributed by atoms with Crippen molar-refractivity contribution in [1.82, 2.24) is 4.98 Å². The molecule has 1 heterocycles. The van der Waals surface area contributed by atoms with Crippen LogP contribution in [0.4, 0.5) is 0 Å². The maximum absolute atomic E-state index is 11.2. The van der Waals surface area contributed by atoms with Crippen LogP contribution in [0.1, 0.15) is 30.4 Å². The van der Waals surface area contributed by atoms with Gasteiger partial charge in [0.15, 0.2) is 0 Å². The molecule has 0 unspecified atom stereocenters. The second-order valence-corrected chi connectivity index (χ2v) is 4.69. The van der Waals surface area contributed by atoms with Gasteiger partial charge in [0, 0.05) is 22.7 Å². The van der Waals surface area contributed by atoms with Gasteiger partial charge in [-0.25, -0.2) is 4.79 Å². The summed E-state index contributed by atoms with van der Waals surface area (Å²) in [5.74, 6) is -0.831. The Balaban J connectivity index is 2.18. The van der Waals surface area contributed by atoms with Crippen LogP contribution in [0, 0.1) is 11.3 Å². The van der Waals surface area contributed by atoms with Crippen LogP contribution in [-0.2, 0) is 4.79 Å². The second-order valence-electron chi connectivity index (χ2n) is 4.69. The monoisotopic (exact) mass is 252 g/mol. The van der Waals surface area contributed by atoms with E-state index in [0.29, 0.717) is 17.6 Å². The van der Waals surface area contributed by atoms with E-state index in [1.165, 1.54) is 0 Å². The summed E-state index contributed by atoms with van der Waals surface area (Å²) in [4.78, 5) is 14.2. The zero-order chi connectivity index (χ0) is 13.4. The van der Waals surface area contributed by atoms with Crippen LogP contribution in [0.15, 0.2) is 30.0 Å². The minimum atomic E-state index is -0.831. The van der Waals surface area contributed by atoms with E-state index < -0.39 is 5.97 Å². The number of benzene rings is 1. The summed E-state index contributed by atoms with van der Waals surface area (Å²) in [5, 5.41) is 19.1. The molecule has 1 aliphatic rings. The van der Waals surface area contributed by atoms with Gasteiger partial charge in [0.1, 0.15) is 6.07 Å². The van der Waals surface area contributed by atoms with Crippen molar-refractivity contribution in [2.45, 2.75) is 19.3 Å². The lowest BCUT2D eigenvalue weighted by atomic mass is 10.00. The first kappa shape index (κ1) is 11.5. The molecule has 94 valence electrons. The highest BCUT2D eigenvalue weighted by Crippen LogP contribution is 2.35. The predicted octanol–water partition coefficient (Wildman–Crippen LogP) is 3.06. The molecule has 2 N–H and O–H groups in total. The Morgan fingerprint density at radius 3 is 2.95 bits per heavy atom. The fourth-order valence-electron chi connectivity index (χ4n) is 2.70. The molecule has 0 amide bonds. The Morgan fingerprint density at radius 2 is 2.21 bits per heavy atom. The van der Waals surface area contributed by atoms with Gasteiger partial charge in [-0.3, -0.25) is 0 Å². The largest absolute Gasteiger partial charge is 0.478 e. The van der Waals surface area contributed by atoms with Gasteiger partial charge in [-0.15, -0.1) is 0 Å². The summed E-state index contributed by atoms with van der Waals surface area (Å²) in [6.07, 6.45) is 3.98. The number of allylic oxidation sites excluding steroid dienone is 1. The first-order chi connectivity index (χ1) is 9.20. The summed E-state index contributed by atoms with van der Waals surface area (Å²) in [5.41, 5.74) is 3.81.